The van der Waals surface area contributed by atoms with Crippen LogP contribution < -0.4 is 10.5 Å². The van der Waals surface area contributed by atoms with E-state index in [2.05, 4.69) is 5.32 Å². The Morgan fingerprint density at radius 3 is 2.17 bits per heavy atom. The highest BCUT2D eigenvalue weighted by Crippen LogP contribution is 2.17. The van der Waals surface area contributed by atoms with Gasteiger partial charge in [-0.25, -0.2) is 0 Å². The lowest BCUT2D eigenvalue weighted by Gasteiger charge is -2.24. The first kappa shape index (κ1) is 18.3. The fourth-order valence-electron chi connectivity index (χ4n) is 2.43. The normalized spacial score (nSPS) is 15.0. The summed E-state index contributed by atoms with van der Waals surface area (Å²) in [6.45, 7) is -0.299. The average Bonchev–Trinajstić information content (AvgIpc) is 2.86. The zero-order chi connectivity index (χ0) is 17.7. The van der Waals surface area contributed by atoms with Crippen LogP contribution in [-0.2, 0) is 22.9 Å². The third kappa shape index (κ3) is 3.40. The number of hydrogen-bond donors (Lipinski definition) is 2. The predicted octanol–water partition coefficient (Wildman–Crippen LogP) is -0.571. The van der Waals surface area contributed by atoms with Crippen molar-refractivity contribution in [3.63, 3.8) is 0 Å². The van der Waals surface area contributed by atoms with E-state index in [4.69, 9.17) is 18.4 Å². The van der Waals surface area contributed by atoms with Gasteiger partial charge >= 0.3 is 8.80 Å². The maximum absolute atomic E-state index is 12.1. The number of benzene rings is 1. The molecule has 0 aliphatic carbocycles. The minimum atomic E-state index is -2.91. The number of carbonyl (C=O) groups excluding carboxylic acids is 2. The van der Waals surface area contributed by atoms with Gasteiger partial charge in [-0.15, -0.1) is 0 Å². The molecule has 0 radical (unpaired) electrons. The number of aliphatic hydroxyl groups excluding tert-OH is 1. The van der Waals surface area contributed by atoms with E-state index >= 15 is 0 Å². The molecular formula is C15H20N2O6Si. The number of hydrogen-bond acceptors (Lipinski definition) is 7. The maximum atomic E-state index is 12.1. The lowest BCUT2D eigenvalue weighted by Crippen LogP contribution is -2.54. The van der Waals surface area contributed by atoms with Crippen LogP contribution in [0.5, 0.6) is 0 Å². The Hall–Kier alpha value is -2.04. The van der Waals surface area contributed by atoms with Crippen LogP contribution in [0.2, 0.25) is 0 Å². The average molecular weight is 352 g/mol. The van der Waals surface area contributed by atoms with Crippen molar-refractivity contribution in [2.75, 3.05) is 39.8 Å². The summed E-state index contributed by atoms with van der Waals surface area (Å²) < 4.78 is 16.2. The van der Waals surface area contributed by atoms with Crippen molar-refractivity contribution < 1.29 is 28.0 Å². The standard InChI is InChI=1S/C15H20N2O6Si/c1-21-24(22-2,23-3)12-6-4-11(5-7-12)16-13-10-14(19)17(8-9-18)15(13)20/h4-7,10,16,18H,8-9H2,1-3H3. The van der Waals surface area contributed by atoms with Crippen LogP contribution in [0.3, 0.4) is 0 Å². The first-order valence-corrected chi connectivity index (χ1v) is 8.95. The number of β-amino-alcohol motifs (C(OH)–C–C–N with tert-alkyl or cyclic N) is 1. The van der Waals surface area contributed by atoms with Crippen molar-refractivity contribution in [3.05, 3.63) is 36.0 Å². The summed E-state index contributed by atoms with van der Waals surface area (Å²) in [6.07, 6.45) is 1.21. The Morgan fingerprint density at radius 1 is 1.08 bits per heavy atom. The van der Waals surface area contributed by atoms with Crippen molar-refractivity contribution in [2.45, 2.75) is 0 Å². The maximum Gasteiger partial charge on any atom is 0.536 e. The van der Waals surface area contributed by atoms with Crippen molar-refractivity contribution in [1.82, 2.24) is 4.90 Å². The molecule has 0 fully saturated rings. The SMILES string of the molecule is CO[Si](OC)(OC)c1ccc(NC2=CC(=O)N(CCO)C2=O)cc1. The lowest BCUT2D eigenvalue weighted by molar-refractivity contribution is -0.137. The zero-order valence-corrected chi connectivity index (χ0v) is 14.7. The number of anilines is 1. The van der Waals surface area contributed by atoms with E-state index in [9.17, 15) is 9.59 Å². The molecule has 0 spiro atoms. The molecule has 0 atom stereocenters. The molecule has 0 unspecified atom stereocenters. The molecule has 1 aromatic carbocycles. The minimum absolute atomic E-state index is 0.0259. The number of nitrogens with zero attached hydrogens (tertiary/aromatic N) is 1. The van der Waals surface area contributed by atoms with Gasteiger partial charge in [0.2, 0.25) is 0 Å². The highest BCUT2D eigenvalue weighted by atomic mass is 28.4. The molecule has 8 nitrogen and oxygen atoms in total. The van der Waals surface area contributed by atoms with Gasteiger partial charge in [0.1, 0.15) is 5.70 Å². The van der Waals surface area contributed by atoms with Gasteiger partial charge in [0, 0.05) is 38.3 Å². The van der Waals surface area contributed by atoms with Crippen molar-refractivity contribution in [1.29, 1.82) is 0 Å². The summed E-state index contributed by atoms with van der Waals surface area (Å²) in [5.41, 5.74) is 0.790. The topological polar surface area (TPSA) is 97.3 Å². The van der Waals surface area contributed by atoms with Crippen LogP contribution in [0.25, 0.3) is 0 Å². The molecule has 9 heteroatoms. The van der Waals surface area contributed by atoms with E-state index in [1.54, 1.807) is 24.3 Å². The van der Waals surface area contributed by atoms with E-state index in [1.807, 2.05) is 0 Å². The number of nitrogens with one attached hydrogen (secondary N) is 1. The number of imide groups is 1. The van der Waals surface area contributed by atoms with E-state index in [0.29, 0.717) is 5.69 Å². The van der Waals surface area contributed by atoms with E-state index in [1.165, 1.54) is 27.4 Å². The third-order valence-electron chi connectivity index (χ3n) is 3.66. The summed E-state index contributed by atoms with van der Waals surface area (Å²) in [5, 5.41) is 12.6. The Kier molecular flexibility index (Phi) is 5.86. The van der Waals surface area contributed by atoms with Crippen LogP contribution in [0.15, 0.2) is 36.0 Å². The smallest absolute Gasteiger partial charge is 0.395 e. The van der Waals surface area contributed by atoms with Crippen LogP contribution in [-0.4, -0.2) is 65.1 Å². The fourth-order valence-corrected chi connectivity index (χ4v) is 4.21. The summed E-state index contributed by atoms with van der Waals surface area (Å²) in [6, 6.07) is 7.03. The number of rotatable bonds is 8. The molecule has 2 N–H and O–H groups in total. The Labute approximate surface area is 141 Å². The van der Waals surface area contributed by atoms with Crippen LogP contribution >= 0.6 is 0 Å². The quantitative estimate of drug-likeness (QED) is 0.478. The van der Waals surface area contributed by atoms with Crippen LogP contribution in [0.4, 0.5) is 5.69 Å². The van der Waals surface area contributed by atoms with E-state index in [-0.39, 0.29) is 18.8 Å². The van der Waals surface area contributed by atoms with Gasteiger partial charge in [-0.3, -0.25) is 14.5 Å². The van der Waals surface area contributed by atoms with Gasteiger partial charge in [0.15, 0.2) is 0 Å². The van der Waals surface area contributed by atoms with E-state index < -0.39 is 20.6 Å². The van der Waals surface area contributed by atoms with Crippen LogP contribution in [0, 0.1) is 0 Å². The van der Waals surface area contributed by atoms with Crippen molar-refractivity contribution in [2.24, 2.45) is 0 Å². The van der Waals surface area contributed by atoms with Gasteiger partial charge in [-0.2, -0.15) is 0 Å². The lowest BCUT2D eigenvalue weighted by atomic mass is 10.3. The molecule has 1 aliphatic heterocycles. The predicted molar refractivity (Wildman–Crippen MR) is 88.4 cm³/mol. The molecule has 1 heterocycles. The second-order valence-electron chi connectivity index (χ2n) is 4.95. The van der Waals surface area contributed by atoms with Crippen molar-refractivity contribution >= 4 is 31.5 Å². The second-order valence-corrected chi connectivity index (χ2v) is 7.86. The van der Waals surface area contributed by atoms with Gasteiger partial charge in [-0.05, 0) is 12.1 Å². The first-order valence-electron chi connectivity index (χ1n) is 7.22. The molecule has 0 saturated heterocycles. The third-order valence-corrected chi connectivity index (χ3v) is 6.31. The van der Waals surface area contributed by atoms with E-state index in [0.717, 1.165) is 10.1 Å². The minimum Gasteiger partial charge on any atom is -0.395 e. The summed E-state index contributed by atoms with van der Waals surface area (Å²) in [4.78, 5) is 24.8. The van der Waals surface area contributed by atoms with Gasteiger partial charge in [-0.1, -0.05) is 12.1 Å². The van der Waals surface area contributed by atoms with Gasteiger partial charge < -0.3 is 23.7 Å². The fraction of sp³-hybridized carbons (Fsp3) is 0.333. The summed E-state index contributed by atoms with van der Waals surface area (Å²) in [5.74, 6) is -0.912. The monoisotopic (exact) mass is 352 g/mol. The zero-order valence-electron chi connectivity index (χ0n) is 13.7. The molecule has 1 aromatic rings. The number of carbonyl (C=O) groups is 2. The molecule has 0 bridgehead atoms. The van der Waals surface area contributed by atoms with Crippen molar-refractivity contribution in [3.8, 4) is 0 Å². The molecule has 1 aliphatic rings. The largest absolute Gasteiger partial charge is 0.536 e. The highest BCUT2D eigenvalue weighted by Gasteiger charge is 2.40. The number of amides is 2. The molecule has 2 rings (SSSR count). The summed E-state index contributed by atoms with van der Waals surface area (Å²) >= 11 is 0. The molecule has 0 saturated carbocycles. The molecule has 24 heavy (non-hydrogen) atoms. The molecule has 2 amide bonds. The van der Waals surface area contributed by atoms with Crippen LogP contribution in [0.1, 0.15) is 0 Å². The van der Waals surface area contributed by atoms with Gasteiger partial charge in [0.05, 0.1) is 13.2 Å². The molecular weight excluding hydrogens is 332 g/mol. The second kappa shape index (κ2) is 7.68. The van der Waals surface area contributed by atoms with Gasteiger partial charge in [0.25, 0.3) is 11.8 Å². The summed E-state index contributed by atoms with van der Waals surface area (Å²) in [7, 11) is 1.66. The number of aliphatic hydroxyl groups is 1. The molecule has 0 aromatic heterocycles. The first-order chi connectivity index (χ1) is 11.5. The highest BCUT2D eigenvalue weighted by molar-refractivity contribution is 6.75. The Balaban J connectivity index is 2.14. The molecule has 130 valence electrons. The Morgan fingerprint density at radius 2 is 1.67 bits per heavy atom. The Bertz CT molecular complexity index is 634.